The molecule has 0 aliphatic heterocycles. The fourth-order valence-electron chi connectivity index (χ4n) is 2.68. The van der Waals surface area contributed by atoms with Crippen LogP contribution in [0.3, 0.4) is 0 Å². The van der Waals surface area contributed by atoms with Crippen LogP contribution < -0.4 is 14.8 Å². The van der Waals surface area contributed by atoms with Gasteiger partial charge >= 0.3 is 0 Å². The maximum Gasteiger partial charge on any atom is 0.261 e. The number of hydrogen-bond donors (Lipinski definition) is 2. The molecule has 156 valence electrons. The van der Waals surface area contributed by atoms with Crippen LogP contribution in [0.4, 0.5) is 15.8 Å². The van der Waals surface area contributed by atoms with E-state index in [2.05, 4.69) is 10.0 Å². The Morgan fingerprint density at radius 2 is 1.70 bits per heavy atom. The zero-order valence-electron chi connectivity index (χ0n) is 16.5. The van der Waals surface area contributed by atoms with Gasteiger partial charge in [0.1, 0.15) is 11.6 Å². The lowest BCUT2D eigenvalue weighted by atomic mass is 10.2. The number of nitrogens with one attached hydrogen (secondary N) is 2. The van der Waals surface area contributed by atoms with Crippen LogP contribution >= 0.6 is 0 Å². The first kappa shape index (κ1) is 21.3. The standard InChI is InChI=1S/C22H21FN2O4S/c1-3-29-19-11-9-17(10-12-19)25-30(27,28)20-6-4-5-16(13-20)22(26)24-18-8-7-15(2)21(23)14-18/h4-14,25H,3H2,1-2H3,(H,24,26). The number of halogens is 1. The number of carbonyl (C=O) groups excluding carboxylic acids is 1. The van der Waals surface area contributed by atoms with Crippen LogP contribution in [-0.2, 0) is 10.0 Å². The largest absolute Gasteiger partial charge is 0.494 e. The van der Waals surface area contributed by atoms with E-state index >= 15 is 0 Å². The Morgan fingerprint density at radius 3 is 2.37 bits per heavy atom. The molecule has 2 N–H and O–H groups in total. The molecule has 3 aromatic carbocycles. The molecule has 0 aliphatic carbocycles. The number of hydrogen-bond acceptors (Lipinski definition) is 4. The SMILES string of the molecule is CCOc1ccc(NS(=O)(=O)c2cccc(C(=O)Nc3ccc(C)c(F)c3)c2)cc1. The molecule has 3 rings (SSSR count). The number of sulfonamides is 1. The molecule has 0 saturated heterocycles. The lowest BCUT2D eigenvalue weighted by Gasteiger charge is -2.11. The molecule has 0 heterocycles. The van der Waals surface area contributed by atoms with Crippen LogP contribution in [0.15, 0.2) is 71.6 Å². The fraction of sp³-hybridized carbons (Fsp3) is 0.136. The number of benzene rings is 3. The Bertz CT molecular complexity index is 1160. The summed E-state index contributed by atoms with van der Waals surface area (Å²) in [7, 11) is -3.91. The summed E-state index contributed by atoms with van der Waals surface area (Å²) in [4.78, 5) is 12.4. The van der Waals surface area contributed by atoms with E-state index in [1.807, 2.05) is 6.92 Å². The molecule has 0 saturated carbocycles. The van der Waals surface area contributed by atoms with Crippen LogP contribution in [0.2, 0.25) is 0 Å². The molecule has 0 aromatic heterocycles. The molecule has 0 aliphatic rings. The molecular weight excluding hydrogens is 407 g/mol. The van der Waals surface area contributed by atoms with Gasteiger partial charge in [-0.25, -0.2) is 12.8 Å². The van der Waals surface area contributed by atoms with Gasteiger partial charge in [-0.15, -0.1) is 0 Å². The van der Waals surface area contributed by atoms with E-state index in [0.717, 1.165) is 0 Å². The van der Waals surface area contributed by atoms with Crippen LogP contribution in [0.1, 0.15) is 22.8 Å². The van der Waals surface area contributed by atoms with Crippen molar-refractivity contribution >= 4 is 27.3 Å². The molecule has 6 nitrogen and oxygen atoms in total. The summed E-state index contributed by atoms with van der Waals surface area (Å²) in [6.07, 6.45) is 0. The minimum absolute atomic E-state index is 0.0703. The maximum absolute atomic E-state index is 13.7. The fourth-order valence-corrected chi connectivity index (χ4v) is 3.78. The highest BCUT2D eigenvalue weighted by molar-refractivity contribution is 7.92. The molecule has 0 fully saturated rings. The molecular formula is C22H21FN2O4S. The van der Waals surface area contributed by atoms with Gasteiger partial charge in [0.25, 0.3) is 15.9 Å². The first-order chi connectivity index (χ1) is 14.3. The lowest BCUT2D eigenvalue weighted by molar-refractivity contribution is 0.102. The second kappa shape index (κ2) is 8.96. The van der Waals surface area contributed by atoms with Crippen LogP contribution in [-0.4, -0.2) is 20.9 Å². The summed E-state index contributed by atoms with van der Waals surface area (Å²) in [6, 6.07) is 16.4. The molecule has 1 amide bonds. The highest BCUT2D eigenvalue weighted by Gasteiger charge is 2.17. The predicted molar refractivity (Wildman–Crippen MR) is 114 cm³/mol. The third-order valence-electron chi connectivity index (χ3n) is 4.25. The Labute approximate surface area is 174 Å². The van der Waals surface area contributed by atoms with Crippen molar-refractivity contribution in [3.63, 3.8) is 0 Å². The van der Waals surface area contributed by atoms with Crippen LogP contribution in [0.5, 0.6) is 5.75 Å². The normalized spacial score (nSPS) is 11.0. The number of amides is 1. The molecule has 30 heavy (non-hydrogen) atoms. The van der Waals surface area contributed by atoms with Crippen molar-refractivity contribution in [1.29, 1.82) is 0 Å². The van der Waals surface area contributed by atoms with Gasteiger partial charge in [-0.2, -0.15) is 0 Å². The Kier molecular flexibility index (Phi) is 6.37. The van der Waals surface area contributed by atoms with Gasteiger partial charge in [0.15, 0.2) is 0 Å². The minimum atomic E-state index is -3.91. The van der Waals surface area contributed by atoms with Gasteiger partial charge in [-0.05, 0) is 74.0 Å². The zero-order valence-corrected chi connectivity index (χ0v) is 17.3. The number of rotatable bonds is 7. The number of anilines is 2. The van der Waals surface area contributed by atoms with E-state index in [0.29, 0.717) is 23.6 Å². The lowest BCUT2D eigenvalue weighted by Crippen LogP contribution is -2.16. The monoisotopic (exact) mass is 428 g/mol. The van der Waals surface area contributed by atoms with E-state index in [1.54, 1.807) is 43.3 Å². The smallest absolute Gasteiger partial charge is 0.261 e. The topological polar surface area (TPSA) is 84.5 Å². The van der Waals surface area contributed by atoms with E-state index in [-0.39, 0.29) is 16.1 Å². The van der Waals surface area contributed by atoms with Crippen molar-refractivity contribution < 1.29 is 22.3 Å². The number of carbonyl (C=O) groups is 1. The summed E-state index contributed by atoms with van der Waals surface area (Å²) in [5.74, 6) is -0.355. The van der Waals surface area contributed by atoms with E-state index in [1.165, 1.54) is 30.3 Å². The van der Waals surface area contributed by atoms with Gasteiger partial charge in [-0.3, -0.25) is 9.52 Å². The Hall–Kier alpha value is -3.39. The van der Waals surface area contributed by atoms with Gasteiger partial charge < -0.3 is 10.1 Å². The summed E-state index contributed by atoms with van der Waals surface area (Å²) in [5.41, 5.74) is 1.24. The number of aryl methyl sites for hydroxylation is 1. The zero-order chi connectivity index (χ0) is 21.7. The Balaban J connectivity index is 1.77. The average molecular weight is 428 g/mol. The molecule has 0 unspecified atom stereocenters. The summed E-state index contributed by atoms with van der Waals surface area (Å²) in [6.45, 7) is 3.98. The molecule has 8 heteroatoms. The highest BCUT2D eigenvalue weighted by atomic mass is 32.2. The third kappa shape index (κ3) is 5.15. The van der Waals surface area contributed by atoms with Crippen LogP contribution in [0.25, 0.3) is 0 Å². The van der Waals surface area contributed by atoms with E-state index in [4.69, 9.17) is 4.74 Å². The van der Waals surface area contributed by atoms with E-state index in [9.17, 15) is 17.6 Å². The first-order valence-electron chi connectivity index (χ1n) is 9.22. The quantitative estimate of drug-likeness (QED) is 0.577. The molecule has 0 radical (unpaired) electrons. The molecule has 0 spiro atoms. The van der Waals surface area contributed by atoms with Crippen molar-refractivity contribution in [2.75, 3.05) is 16.6 Å². The van der Waals surface area contributed by atoms with Crippen molar-refractivity contribution in [2.45, 2.75) is 18.7 Å². The van der Waals surface area contributed by atoms with Crippen molar-refractivity contribution in [1.82, 2.24) is 0 Å². The summed E-state index contributed by atoms with van der Waals surface area (Å²) < 4.78 is 46.9. The molecule has 3 aromatic rings. The highest BCUT2D eigenvalue weighted by Crippen LogP contribution is 2.21. The Morgan fingerprint density at radius 1 is 1.00 bits per heavy atom. The summed E-state index contributed by atoms with van der Waals surface area (Å²) >= 11 is 0. The van der Waals surface area contributed by atoms with Crippen molar-refractivity contribution in [2.24, 2.45) is 0 Å². The van der Waals surface area contributed by atoms with Crippen LogP contribution in [0, 0.1) is 12.7 Å². The minimum Gasteiger partial charge on any atom is -0.494 e. The summed E-state index contributed by atoms with van der Waals surface area (Å²) in [5, 5.41) is 2.56. The first-order valence-corrected chi connectivity index (χ1v) is 10.7. The van der Waals surface area contributed by atoms with Gasteiger partial charge in [-0.1, -0.05) is 12.1 Å². The van der Waals surface area contributed by atoms with Crippen molar-refractivity contribution in [3.8, 4) is 5.75 Å². The third-order valence-corrected chi connectivity index (χ3v) is 5.63. The maximum atomic E-state index is 13.7. The van der Waals surface area contributed by atoms with Gasteiger partial charge in [0, 0.05) is 16.9 Å². The number of ether oxygens (including phenoxy) is 1. The van der Waals surface area contributed by atoms with E-state index < -0.39 is 21.7 Å². The average Bonchev–Trinajstić information content (AvgIpc) is 2.72. The van der Waals surface area contributed by atoms with Gasteiger partial charge in [0.2, 0.25) is 0 Å². The molecule has 0 bridgehead atoms. The second-order valence-electron chi connectivity index (χ2n) is 6.51. The van der Waals surface area contributed by atoms with Gasteiger partial charge in [0.05, 0.1) is 11.5 Å². The second-order valence-corrected chi connectivity index (χ2v) is 8.19. The predicted octanol–water partition coefficient (Wildman–Crippen LogP) is 4.59. The van der Waals surface area contributed by atoms with Crippen molar-refractivity contribution in [3.05, 3.63) is 83.7 Å². The molecule has 0 atom stereocenters.